The van der Waals surface area contributed by atoms with E-state index in [9.17, 15) is 14.7 Å². The normalized spacial score (nSPS) is 22.4. The maximum Gasteiger partial charge on any atom is 0.268 e. The van der Waals surface area contributed by atoms with Crippen molar-refractivity contribution in [3.63, 3.8) is 0 Å². The molecule has 2 saturated heterocycles. The van der Waals surface area contributed by atoms with Crippen LogP contribution in [-0.4, -0.2) is 72.2 Å². The molecule has 7 nitrogen and oxygen atoms in total. The standard InChI is InChI=1S/C23H27N3O4/c1-30-20-9-7-18(8-10-20)17-24-13-15-25(16-14-24)21(27)23(29)11-12-26(22(23)28)19-5-3-2-4-6-19/h2-10,29H,11-17H2,1H3/t23-/m0/s1. The number of aliphatic hydroxyl groups is 1. The molecule has 0 spiro atoms. The Morgan fingerprint density at radius 3 is 2.30 bits per heavy atom. The first kappa shape index (κ1) is 20.4. The van der Waals surface area contributed by atoms with Crippen LogP contribution < -0.4 is 9.64 Å². The number of hydrogen-bond donors (Lipinski definition) is 1. The number of methoxy groups -OCH3 is 1. The number of para-hydroxylation sites is 1. The zero-order valence-electron chi connectivity index (χ0n) is 17.2. The van der Waals surface area contributed by atoms with Crippen molar-refractivity contribution in [1.82, 2.24) is 9.80 Å². The molecule has 0 radical (unpaired) electrons. The molecule has 0 bridgehead atoms. The smallest absolute Gasteiger partial charge is 0.268 e. The summed E-state index contributed by atoms with van der Waals surface area (Å²) in [5.74, 6) is -0.178. The van der Waals surface area contributed by atoms with Crippen LogP contribution in [0, 0.1) is 0 Å². The van der Waals surface area contributed by atoms with Gasteiger partial charge in [0.1, 0.15) is 5.75 Å². The first-order valence-corrected chi connectivity index (χ1v) is 10.3. The molecule has 1 N–H and O–H groups in total. The number of anilines is 1. The lowest BCUT2D eigenvalue weighted by Crippen LogP contribution is -2.58. The van der Waals surface area contributed by atoms with Gasteiger partial charge in [-0.25, -0.2) is 0 Å². The van der Waals surface area contributed by atoms with Gasteiger partial charge in [-0.2, -0.15) is 0 Å². The van der Waals surface area contributed by atoms with Crippen molar-refractivity contribution in [3.05, 3.63) is 60.2 Å². The molecule has 7 heteroatoms. The van der Waals surface area contributed by atoms with Gasteiger partial charge in [0.25, 0.3) is 11.8 Å². The van der Waals surface area contributed by atoms with E-state index in [1.165, 1.54) is 10.5 Å². The number of nitrogens with zero attached hydrogens (tertiary/aromatic N) is 3. The van der Waals surface area contributed by atoms with Gasteiger partial charge in [0, 0.05) is 51.4 Å². The Balaban J connectivity index is 1.35. The minimum Gasteiger partial charge on any atom is -0.497 e. The van der Waals surface area contributed by atoms with Crippen molar-refractivity contribution < 1.29 is 19.4 Å². The number of ether oxygens (including phenoxy) is 1. The average molecular weight is 409 g/mol. The molecule has 2 amide bonds. The number of benzene rings is 2. The van der Waals surface area contributed by atoms with E-state index in [-0.39, 0.29) is 6.42 Å². The first-order valence-electron chi connectivity index (χ1n) is 10.3. The van der Waals surface area contributed by atoms with Gasteiger partial charge in [-0.3, -0.25) is 14.5 Å². The van der Waals surface area contributed by atoms with Crippen LogP contribution in [0.5, 0.6) is 5.75 Å². The van der Waals surface area contributed by atoms with Gasteiger partial charge in [0.05, 0.1) is 7.11 Å². The Hall–Kier alpha value is -2.90. The SMILES string of the molecule is COc1ccc(CN2CCN(C(=O)[C@@]3(O)CCN(c4ccccc4)C3=O)CC2)cc1. The first-order chi connectivity index (χ1) is 14.5. The van der Waals surface area contributed by atoms with Crippen molar-refractivity contribution in [2.75, 3.05) is 44.7 Å². The number of piperazine rings is 1. The van der Waals surface area contributed by atoms with E-state index >= 15 is 0 Å². The van der Waals surface area contributed by atoms with Crippen LogP contribution in [0.3, 0.4) is 0 Å². The highest BCUT2D eigenvalue weighted by Gasteiger charge is 2.53. The maximum atomic E-state index is 13.0. The molecule has 4 rings (SSSR count). The molecule has 2 aromatic carbocycles. The Labute approximate surface area is 176 Å². The lowest BCUT2D eigenvalue weighted by atomic mass is 10.00. The summed E-state index contributed by atoms with van der Waals surface area (Å²) in [6, 6.07) is 17.1. The summed E-state index contributed by atoms with van der Waals surface area (Å²) in [4.78, 5) is 31.3. The van der Waals surface area contributed by atoms with E-state index in [4.69, 9.17) is 4.74 Å². The van der Waals surface area contributed by atoms with Crippen LogP contribution in [0.15, 0.2) is 54.6 Å². The van der Waals surface area contributed by atoms with Gasteiger partial charge >= 0.3 is 0 Å². The molecule has 158 valence electrons. The molecule has 2 aliphatic rings. The lowest BCUT2D eigenvalue weighted by Gasteiger charge is -2.37. The van der Waals surface area contributed by atoms with E-state index in [0.29, 0.717) is 38.4 Å². The van der Waals surface area contributed by atoms with E-state index < -0.39 is 17.4 Å². The van der Waals surface area contributed by atoms with Gasteiger partial charge in [-0.05, 0) is 29.8 Å². The molecule has 2 heterocycles. The van der Waals surface area contributed by atoms with Gasteiger partial charge < -0.3 is 19.6 Å². The molecule has 0 aliphatic carbocycles. The molecular weight excluding hydrogens is 382 g/mol. The maximum absolute atomic E-state index is 13.0. The van der Waals surface area contributed by atoms with Crippen molar-refractivity contribution >= 4 is 17.5 Å². The van der Waals surface area contributed by atoms with Crippen LogP contribution in [0.1, 0.15) is 12.0 Å². The Bertz CT molecular complexity index is 894. The van der Waals surface area contributed by atoms with Crippen LogP contribution >= 0.6 is 0 Å². The van der Waals surface area contributed by atoms with Crippen molar-refractivity contribution in [2.24, 2.45) is 0 Å². The number of carbonyl (C=O) groups is 2. The minimum atomic E-state index is -1.96. The predicted octanol–water partition coefficient (Wildman–Crippen LogP) is 1.51. The quantitative estimate of drug-likeness (QED) is 0.758. The zero-order valence-corrected chi connectivity index (χ0v) is 17.2. The number of amides is 2. The van der Waals surface area contributed by atoms with Gasteiger partial charge in [0.15, 0.2) is 0 Å². The molecule has 0 unspecified atom stereocenters. The van der Waals surface area contributed by atoms with Crippen LogP contribution in [0.4, 0.5) is 5.69 Å². The highest BCUT2D eigenvalue weighted by atomic mass is 16.5. The second kappa shape index (κ2) is 8.45. The lowest BCUT2D eigenvalue weighted by molar-refractivity contribution is -0.158. The third-order valence-electron chi connectivity index (χ3n) is 5.94. The highest BCUT2D eigenvalue weighted by Crippen LogP contribution is 2.30. The minimum absolute atomic E-state index is 0.117. The average Bonchev–Trinajstić information content (AvgIpc) is 3.10. The second-order valence-corrected chi connectivity index (χ2v) is 7.82. The summed E-state index contributed by atoms with van der Waals surface area (Å²) in [5.41, 5.74) is -0.0808. The second-order valence-electron chi connectivity index (χ2n) is 7.82. The van der Waals surface area contributed by atoms with Gasteiger partial charge in [0.2, 0.25) is 5.60 Å². The van der Waals surface area contributed by atoms with Crippen molar-refractivity contribution in [2.45, 2.75) is 18.6 Å². The zero-order chi connectivity index (χ0) is 21.1. The molecule has 1 atom stereocenters. The molecular formula is C23H27N3O4. The Kier molecular flexibility index (Phi) is 5.74. The van der Waals surface area contributed by atoms with Gasteiger partial charge in [-0.1, -0.05) is 30.3 Å². The third kappa shape index (κ3) is 3.91. The fraction of sp³-hybridized carbons (Fsp3) is 0.391. The molecule has 0 saturated carbocycles. The summed E-state index contributed by atoms with van der Waals surface area (Å²) in [6.07, 6.45) is 0.117. The summed E-state index contributed by atoms with van der Waals surface area (Å²) >= 11 is 0. The Morgan fingerprint density at radius 2 is 1.67 bits per heavy atom. The molecule has 2 fully saturated rings. The van der Waals surface area contributed by atoms with Crippen LogP contribution in [0.2, 0.25) is 0 Å². The summed E-state index contributed by atoms with van der Waals surface area (Å²) < 4.78 is 5.19. The molecule has 2 aromatic rings. The fourth-order valence-electron chi connectivity index (χ4n) is 4.12. The number of hydrogen-bond acceptors (Lipinski definition) is 5. The van der Waals surface area contributed by atoms with Crippen molar-refractivity contribution in [3.8, 4) is 5.75 Å². The number of rotatable bonds is 5. The monoisotopic (exact) mass is 409 g/mol. The van der Waals surface area contributed by atoms with E-state index in [0.717, 1.165) is 12.3 Å². The molecule has 30 heavy (non-hydrogen) atoms. The summed E-state index contributed by atoms with van der Waals surface area (Å²) in [5, 5.41) is 11.0. The molecule has 2 aliphatic heterocycles. The van der Waals surface area contributed by atoms with Crippen molar-refractivity contribution in [1.29, 1.82) is 0 Å². The van der Waals surface area contributed by atoms with Crippen LogP contribution in [0.25, 0.3) is 0 Å². The summed E-state index contributed by atoms with van der Waals surface area (Å²) in [6.45, 7) is 3.51. The third-order valence-corrected chi connectivity index (χ3v) is 5.94. The highest BCUT2D eigenvalue weighted by molar-refractivity contribution is 6.16. The van der Waals surface area contributed by atoms with E-state index in [1.54, 1.807) is 12.0 Å². The largest absolute Gasteiger partial charge is 0.497 e. The Morgan fingerprint density at radius 1 is 1.00 bits per heavy atom. The predicted molar refractivity (Wildman–Crippen MR) is 113 cm³/mol. The van der Waals surface area contributed by atoms with Gasteiger partial charge in [-0.15, -0.1) is 0 Å². The fourth-order valence-corrected chi connectivity index (χ4v) is 4.12. The summed E-state index contributed by atoms with van der Waals surface area (Å²) in [7, 11) is 1.65. The topological polar surface area (TPSA) is 73.3 Å². The number of carbonyl (C=O) groups excluding carboxylic acids is 2. The van der Waals surface area contributed by atoms with E-state index in [1.807, 2.05) is 54.6 Å². The van der Waals surface area contributed by atoms with E-state index in [2.05, 4.69) is 4.90 Å². The molecule has 0 aromatic heterocycles. The van der Waals surface area contributed by atoms with Crippen LogP contribution in [-0.2, 0) is 16.1 Å².